The van der Waals surface area contributed by atoms with Crippen molar-refractivity contribution in [3.8, 4) is 0 Å². The molecule has 2 amide bonds. The molecule has 0 unspecified atom stereocenters. The Morgan fingerprint density at radius 3 is 2.39 bits per heavy atom. The molecule has 156 valence electrons. The van der Waals surface area contributed by atoms with Gasteiger partial charge in [0.15, 0.2) is 0 Å². The highest BCUT2D eigenvalue weighted by atomic mass is 16.2. The van der Waals surface area contributed by atoms with Gasteiger partial charge in [0.2, 0.25) is 5.91 Å². The Balaban J connectivity index is 1.59. The van der Waals surface area contributed by atoms with Crippen molar-refractivity contribution in [3.63, 3.8) is 0 Å². The fourth-order valence-electron chi connectivity index (χ4n) is 4.70. The summed E-state index contributed by atoms with van der Waals surface area (Å²) in [6.07, 6.45) is 7.32. The lowest BCUT2D eigenvalue weighted by Gasteiger charge is -2.34. The molecule has 2 aliphatic rings. The molecule has 1 saturated carbocycles. The number of aryl methyl sites for hydroxylation is 1. The van der Waals surface area contributed by atoms with E-state index >= 15 is 0 Å². The van der Waals surface area contributed by atoms with Crippen LogP contribution in [0.1, 0.15) is 73.2 Å². The third-order valence-corrected chi connectivity index (χ3v) is 6.25. The Hall–Kier alpha value is -1.82. The normalized spacial score (nSPS) is 19.0. The highest BCUT2D eigenvalue weighted by Gasteiger charge is 2.27. The van der Waals surface area contributed by atoms with Gasteiger partial charge < -0.3 is 14.8 Å². The predicted molar refractivity (Wildman–Crippen MR) is 112 cm³/mol. The highest BCUT2D eigenvalue weighted by Crippen LogP contribution is 2.32. The van der Waals surface area contributed by atoms with Crippen LogP contribution in [0.2, 0.25) is 0 Å². The molecule has 6 nitrogen and oxygen atoms in total. The van der Waals surface area contributed by atoms with Crippen LogP contribution in [0.3, 0.4) is 0 Å². The number of piperazine rings is 1. The Morgan fingerprint density at radius 2 is 1.75 bits per heavy atom. The Kier molecular flexibility index (Phi) is 7.16. The molecule has 1 aromatic heterocycles. The number of hydrogen-bond donors (Lipinski definition) is 1. The fraction of sp³-hybridized carbons (Fsp3) is 0.727. The van der Waals surface area contributed by atoms with E-state index in [0.29, 0.717) is 25.7 Å². The summed E-state index contributed by atoms with van der Waals surface area (Å²) in [4.78, 5) is 29.2. The van der Waals surface area contributed by atoms with Crippen molar-refractivity contribution in [2.45, 2.75) is 65.3 Å². The van der Waals surface area contributed by atoms with Crippen LogP contribution in [0, 0.1) is 13.8 Å². The number of carbonyl (C=O) groups is 2. The number of nitrogens with zero attached hydrogens (tertiary/aromatic N) is 3. The topological polar surface area (TPSA) is 57.6 Å². The minimum absolute atomic E-state index is 0.0812. The summed E-state index contributed by atoms with van der Waals surface area (Å²) in [5, 5.41) is 2.92. The first-order valence-corrected chi connectivity index (χ1v) is 11.0. The average Bonchev–Trinajstić information content (AvgIpc) is 3.01. The summed E-state index contributed by atoms with van der Waals surface area (Å²) in [6.45, 7) is 10.3. The molecule has 1 N–H and O–H groups in total. The smallest absolute Gasteiger partial charge is 0.255 e. The number of aromatic nitrogens is 1. The zero-order valence-electron chi connectivity index (χ0n) is 17.8. The summed E-state index contributed by atoms with van der Waals surface area (Å²) >= 11 is 0. The van der Waals surface area contributed by atoms with Gasteiger partial charge in [0.05, 0.1) is 12.1 Å². The molecular formula is C22H36N4O2. The van der Waals surface area contributed by atoms with Gasteiger partial charge >= 0.3 is 0 Å². The van der Waals surface area contributed by atoms with Crippen molar-refractivity contribution in [2.75, 3.05) is 39.3 Å². The first kappa shape index (κ1) is 20.9. The van der Waals surface area contributed by atoms with E-state index in [0.717, 1.165) is 37.3 Å². The van der Waals surface area contributed by atoms with Gasteiger partial charge in [-0.2, -0.15) is 0 Å². The summed E-state index contributed by atoms with van der Waals surface area (Å²) in [5.41, 5.74) is 3.19. The van der Waals surface area contributed by atoms with E-state index in [2.05, 4.69) is 41.6 Å². The van der Waals surface area contributed by atoms with Gasteiger partial charge in [0.25, 0.3) is 5.91 Å². The van der Waals surface area contributed by atoms with Crippen molar-refractivity contribution in [1.29, 1.82) is 0 Å². The van der Waals surface area contributed by atoms with E-state index in [4.69, 9.17) is 0 Å². The molecule has 1 aliphatic carbocycles. The number of hydrogen-bond acceptors (Lipinski definition) is 3. The van der Waals surface area contributed by atoms with Gasteiger partial charge in [-0.3, -0.25) is 14.5 Å². The molecule has 1 aromatic rings. The lowest BCUT2D eigenvalue weighted by atomic mass is 9.95. The van der Waals surface area contributed by atoms with Gasteiger partial charge in [0, 0.05) is 50.2 Å². The quantitative estimate of drug-likeness (QED) is 0.815. The molecule has 0 atom stereocenters. The molecular weight excluding hydrogens is 352 g/mol. The number of nitrogens with one attached hydrogen (secondary N) is 1. The monoisotopic (exact) mass is 388 g/mol. The number of carbonyl (C=O) groups excluding carboxylic acids is 2. The van der Waals surface area contributed by atoms with Crippen molar-refractivity contribution in [2.24, 2.45) is 0 Å². The molecule has 6 heteroatoms. The maximum atomic E-state index is 13.2. The van der Waals surface area contributed by atoms with Crippen LogP contribution in [0.5, 0.6) is 0 Å². The van der Waals surface area contributed by atoms with Gasteiger partial charge in [0.1, 0.15) is 0 Å². The van der Waals surface area contributed by atoms with Crippen LogP contribution >= 0.6 is 0 Å². The molecule has 28 heavy (non-hydrogen) atoms. The first-order chi connectivity index (χ1) is 13.5. The van der Waals surface area contributed by atoms with Crippen LogP contribution in [0.4, 0.5) is 0 Å². The summed E-state index contributed by atoms with van der Waals surface area (Å²) < 4.78 is 2.40. The van der Waals surface area contributed by atoms with Gasteiger partial charge in [-0.1, -0.05) is 26.2 Å². The highest BCUT2D eigenvalue weighted by molar-refractivity contribution is 5.95. The first-order valence-electron chi connectivity index (χ1n) is 11.0. The standard InChI is InChI=1S/C22H36N4O2/c1-4-10-23-21(27)16-24-11-13-25(14-12-24)22(28)20-15-17(2)26(18(20)3)19-8-6-5-7-9-19/h15,19H,4-14,16H2,1-3H3,(H,23,27). The van der Waals surface area contributed by atoms with Crippen LogP contribution in [-0.2, 0) is 4.79 Å². The zero-order chi connectivity index (χ0) is 20.1. The van der Waals surface area contributed by atoms with E-state index in [-0.39, 0.29) is 11.8 Å². The number of amides is 2. The van der Waals surface area contributed by atoms with Crippen LogP contribution in [-0.4, -0.2) is 65.4 Å². The summed E-state index contributed by atoms with van der Waals surface area (Å²) in [5.74, 6) is 0.225. The van der Waals surface area contributed by atoms with E-state index in [1.165, 1.54) is 37.8 Å². The third-order valence-electron chi connectivity index (χ3n) is 6.25. The van der Waals surface area contributed by atoms with E-state index in [1.807, 2.05) is 4.90 Å². The van der Waals surface area contributed by atoms with Crippen molar-refractivity contribution in [3.05, 3.63) is 23.0 Å². The average molecular weight is 389 g/mol. The maximum absolute atomic E-state index is 13.2. The largest absolute Gasteiger partial charge is 0.355 e. The Labute approximate surface area is 169 Å². The summed E-state index contributed by atoms with van der Waals surface area (Å²) in [7, 11) is 0. The van der Waals surface area contributed by atoms with Crippen molar-refractivity contribution < 1.29 is 9.59 Å². The predicted octanol–water partition coefficient (Wildman–Crippen LogP) is 2.89. The zero-order valence-corrected chi connectivity index (χ0v) is 17.8. The molecule has 0 spiro atoms. The van der Waals surface area contributed by atoms with E-state index in [1.54, 1.807) is 0 Å². The number of rotatable bonds is 6. The van der Waals surface area contributed by atoms with Gasteiger partial charge in [-0.25, -0.2) is 0 Å². The second-order valence-electron chi connectivity index (χ2n) is 8.36. The molecule has 2 fully saturated rings. The van der Waals surface area contributed by atoms with Crippen molar-refractivity contribution >= 4 is 11.8 Å². The third kappa shape index (κ3) is 4.77. The molecule has 0 radical (unpaired) electrons. The lowest BCUT2D eigenvalue weighted by molar-refractivity contribution is -0.122. The second kappa shape index (κ2) is 9.59. The fourth-order valence-corrected chi connectivity index (χ4v) is 4.70. The molecule has 3 rings (SSSR count). The van der Waals surface area contributed by atoms with Crippen LogP contribution in [0.15, 0.2) is 6.07 Å². The molecule has 0 bridgehead atoms. The van der Waals surface area contributed by atoms with Gasteiger partial charge in [-0.05, 0) is 39.2 Å². The lowest BCUT2D eigenvalue weighted by Crippen LogP contribution is -2.51. The Morgan fingerprint density at radius 1 is 1.07 bits per heavy atom. The summed E-state index contributed by atoms with van der Waals surface area (Å²) in [6, 6.07) is 2.63. The van der Waals surface area contributed by atoms with Crippen molar-refractivity contribution in [1.82, 2.24) is 19.7 Å². The minimum Gasteiger partial charge on any atom is -0.355 e. The van der Waals surface area contributed by atoms with Gasteiger partial charge in [-0.15, -0.1) is 0 Å². The SMILES string of the molecule is CCCNC(=O)CN1CCN(C(=O)c2cc(C)n(C3CCCCC3)c2C)CC1. The van der Waals surface area contributed by atoms with Crippen LogP contribution < -0.4 is 5.32 Å². The molecule has 1 aliphatic heterocycles. The minimum atomic E-state index is 0.0812. The maximum Gasteiger partial charge on any atom is 0.255 e. The van der Waals surface area contributed by atoms with E-state index < -0.39 is 0 Å². The molecule has 0 aromatic carbocycles. The van der Waals surface area contributed by atoms with E-state index in [9.17, 15) is 9.59 Å². The van der Waals surface area contributed by atoms with Crippen LogP contribution in [0.25, 0.3) is 0 Å². The second-order valence-corrected chi connectivity index (χ2v) is 8.36. The molecule has 1 saturated heterocycles. The molecule has 2 heterocycles. The Bertz CT molecular complexity index is 683.